The predicted octanol–water partition coefficient (Wildman–Crippen LogP) is 3.16. The number of hydrogen-bond acceptors (Lipinski definition) is 5. The Hall–Kier alpha value is -1.04. The molecule has 2 aromatic rings. The van der Waals surface area contributed by atoms with Gasteiger partial charge in [0.25, 0.3) is 0 Å². The SMILES string of the molecule is COI(OC)(OS(=O)(=O)O)(c1ccccc1)c1ccccc1. The van der Waals surface area contributed by atoms with Crippen molar-refractivity contribution >= 4 is 28.7 Å². The molecule has 0 unspecified atom stereocenters. The van der Waals surface area contributed by atoms with Crippen LogP contribution in [-0.2, 0) is 19.0 Å². The van der Waals surface area contributed by atoms with Crippen molar-refractivity contribution < 1.29 is 21.6 Å². The summed E-state index contributed by atoms with van der Waals surface area (Å²) >= 11 is -5.30. The van der Waals surface area contributed by atoms with Gasteiger partial charge in [-0.25, -0.2) is 0 Å². The van der Waals surface area contributed by atoms with Crippen LogP contribution in [-0.4, -0.2) is 27.2 Å². The molecule has 0 spiro atoms. The molecule has 8 heteroatoms. The van der Waals surface area contributed by atoms with E-state index in [4.69, 9.17) is 8.65 Å². The average Bonchev–Trinajstić information content (AvgIpc) is 2.54. The van der Waals surface area contributed by atoms with E-state index in [9.17, 15) is 13.0 Å². The predicted molar refractivity (Wildman–Crippen MR) is 90.9 cm³/mol. The third-order valence-corrected chi connectivity index (χ3v) is 15.6. The van der Waals surface area contributed by atoms with E-state index in [2.05, 4.69) is 0 Å². The van der Waals surface area contributed by atoms with Crippen molar-refractivity contribution in [3.8, 4) is 0 Å². The first kappa shape index (κ1) is 17.3. The summed E-state index contributed by atoms with van der Waals surface area (Å²) in [6, 6.07) is 17.0. The Morgan fingerprint density at radius 3 is 1.45 bits per heavy atom. The summed E-state index contributed by atoms with van der Waals surface area (Å²) in [5.74, 6) is 0. The molecule has 0 saturated heterocycles. The normalized spacial score (nSPS) is 14.2. The average molecular weight is 440 g/mol. The number of benzene rings is 2. The molecule has 0 atom stereocenters. The molecule has 122 valence electrons. The van der Waals surface area contributed by atoms with Gasteiger partial charge in [-0.1, -0.05) is 0 Å². The molecule has 0 aliphatic heterocycles. The molecule has 0 aromatic heterocycles. The maximum atomic E-state index is 11.5. The fraction of sp³-hybridized carbons (Fsp3) is 0.143. The fourth-order valence-electron chi connectivity index (χ4n) is 2.08. The molecule has 0 saturated carbocycles. The van der Waals surface area contributed by atoms with Crippen LogP contribution >= 0.6 is 18.3 Å². The van der Waals surface area contributed by atoms with E-state index in [0.717, 1.165) is 0 Å². The van der Waals surface area contributed by atoms with Crippen LogP contribution in [0.5, 0.6) is 0 Å². The second-order valence-corrected chi connectivity index (χ2v) is 14.7. The van der Waals surface area contributed by atoms with Crippen LogP contribution in [0.2, 0.25) is 0 Å². The molecule has 0 aliphatic carbocycles. The first-order chi connectivity index (χ1) is 10.4. The van der Waals surface area contributed by atoms with Gasteiger partial charge >= 0.3 is 132 Å². The number of halogens is 1. The molecular weight excluding hydrogens is 423 g/mol. The van der Waals surface area contributed by atoms with E-state index >= 15 is 0 Å². The van der Waals surface area contributed by atoms with Gasteiger partial charge in [-0.2, -0.15) is 0 Å². The second kappa shape index (κ2) is 6.22. The molecule has 1 N–H and O–H groups in total. The van der Waals surface area contributed by atoms with Crippen molar-refractivity contribution in [1.29, 1.82) is 0 Å². The van der Waals surface area contributed by atoms with Crippen LogP contribution in [0.1, 0.15) is 0 Å². The summed E-state index contributed by atoms with van der Waals surface area (Å²) in [7, 11) is -2.21. The molecule has 0 aliphatic rings. The van der Waals surface area contributed by atoms with E-state index in [1.807, 2.05) is 0 Å². The molecule has 0 heterocycles. The third kappa shape index (κ3) is 2.90. The van der Waals surface area contributed by atoms with Crippen molar-refractivity contribution in [2.45, 2.75) is 0 Å². The molecule has 0 radical (unpaired) electrons. The van der Waals surface area contributed by atoms with Gasteiger partial charge in [-0.05, 0) is 0 Å². The van der Waals surface area contributed by atoms with E-state index in [0.29, 0.717) is 7.14 Å². The van der Waals surface area contributed by atoms with Crippen molar-refractivity contribution in [1.82, 2.24) is 0 Å². The zero-order valence-electron chi connectivity index (χ0n) is 12.0. The summed E-state index contributed by atoms with van der Waals surface area (Å²) < 4.78 is 49.7. The van der Waals surface area contributed by atoms with Crippen LogP contribution in [0.25, 0.3) is 0 Å². The molecule has 0 bridgehead atoms. The summed E-state index contributed by atoms with van der Waals surface area (Å²) in [5, 5.41) is 0. The first-order valence-corrected chi connectivity index (χ1v) is 12.3. The van der Waals surface area contributed by atoms with Crippen LogP contribution in [0.4, 0.5) is 0 Å². The van der Waals surface area contributed by atoms with Crippen LogP contribution in [0, 0.1) is 7.14 Å². The Kier molecular flexibility index (Phi) is 4.90. The second-order valence-electron chi connectivity index (χ2n) is 4.14. The first-order valence-electron chi connectivity index (χ1n) is 6.16. The zero-order valence-corrected chi connectivity index (χ0v) is 15.0. The Morgan fingerprint density at radius 1 is 0.818 bits per heavy atom. The van der Waals surface area contributed by atoms with Crippen molar-refractivity contribution in [3.05, 3.63) is 67.8 Å². The van der Waals surface area contributed by atoms with E-state index in [1.54, 1.807) is 60.7 Å². The van der Waals surface area contributed by atoms with Gasteiger partial charge in [0.1, 0.15) is 0 Å². The Morgan fingerprint density at radius 2 is 1.18 bits per heavy atom. The van der Waals surface area contributed by atoms with E-state index < -0.39 is 28.7 Å². The Balaban J connectivity index is 2.88. The molecule has 2 rings (SSSR count). The van der Waals surface area contributed by atoms with E-state index in [-0.39, 0.29) is 0 Å². The third-order valence-electron chi connectivity index (χ3n) is 2.97. The monoisotopic (exact) mass is 440 g/mol. The number of hydrogen-bond donors (Lipinski definition) is 1. The Labute approximate surface area is 132 Å². The minimum atomic E-state index is -5.30. The van der Waals surface area contributed by atoms with Gasteiger partial charge in [0.15, 0.2) is 0 Å². The van der Waals surface area contributed by atoms with Gasteiger partial charge in [0.2, 0.25) is 0 Å². The summed E-state index contributed by atoms with van der Waals surface area (Å²) in [4.78, 5) is 0. The fourth-order valence-corrected chi connectivity index (χ4v) is 13.6. The summed E-state index contributed by atoms with van der Waals surface area (Å²) in [6.45, 7) is 0. The van der Waals surface area contributed by atoms with Gasteiger partial charge in [0, 0.05) is 0 Å². The van der Waals surface area contributed by atoms with Gasteiger partial charge in [-0.3, -0.25) is 0 Å². The standard InChI is InChI=1S/C14H17IO6S/c1-19-15(20-2,21-22(16,17)18,13-9-5-3-6-10-13)14-11-7-4-8-12-14/h3-12H,1-2H3,(H,16,17,18). The van der Waals surface area contributed by atoms with Crippen molar-refractivity contribution in [3.63, 3.8) is 0 Å². The van der Waals surface area contributed by atoms with E-state index in [1.165, 1.54) is 14.2 Å². The van der Waals surface area contributed by atoms with Gasteiger partial charge in [-0.15, -0.1) is 0 Å². The van der Waals surface area contributed by atoms with Gasteiger partial charge in [0.05, 0.1) is 0 Å². The maximum absolute atomic E-state index is 11.5. The van der Waals surface area contributed by atoms with Crippen LogP contribution in [0.15, 0.2) is 60.7 Å². The van der Waals surface area contributed by atoms with Crippen molar-refractivity contribution in [2.24, 2.45) is 0 Å². The topological polar surface area (TPSA) is 82.1 Å². The van der Waals surface area contributed by atoms with Crippen molar-refractivity contribution in [2.75, 3.05) is 14.2 Å². The summed E-state index contributed by atoms with van der Waals surface area (Å²) in [6.07, 6.45) is 0. The molecular formula is C14H17IO6S. The Bertz CT molecular complexity index is 685. The molecule has 2 aromatic carbocycles. The van der Waals surface area contributed by atoms with Crippen LogP contribution in [0.3, 0.4) is 0 Å². The molecule has 22 heavy (non-hydrogen) atoms. The number of rotatable bonds is 6. The zero-order chi connectivity index (χ0) is 16.3. The molecule has 0 fully saturated rings. The summed E-state index contributed by atoms with van der Waals surface area (Å²) in [5.41, 5.74) is 0. The molecule has 0 amide bonds. The van der Waals surface area contributed by atoms with Gasteiger partial charge < -0.3 is 0 Å². The minimum absolute atomic E-state index is 0.432. The quantitative estimate of drug-likeness (QED) is 0.549. The molecule has 6 nitrogen and oxygen atoms in total. The van der Waals surface area contributed by atoms with Crippen LogP contribution < -0.4 is 0 Å².